The Kier molecular flexibility index (Phi) is 6.36. The first-order chi connectivity index (χ1) is 8.90. The molecule has 0 aliphatic rings. The standard InChI is InChI=1S/C13H22ClN3OS/c1-7(2)12-16-11(14)8(3)13(17-12)15-9(4)10(6-18)19-5/h7,9-10,18H,6H2,1-5H3,(H,15,16,17). The Bertz CT molecular complexity index is 425. The van der Waals surface area contributed by atoms with Gasteiger partial charge in [0.25, 0.3) is 0 Å². The zero-order chi connectivity index (χ0) is 14.6. The predicted molar refractivity (Wildman–Crippen MR) is 83.3 cm³/mol. The summed E-state index contributed by atoms with van der Waals surface area (Å²) in [5.74, 6) is 1.71. The van der Waals surface area contributed by atoms with Crippen molar-refractivity contribution in [1.82, 2.24) is 9.97 Å². The van der Waals surface area contributed by atoms with Gasteiger partial charge in [0, 0.05) is 22.8 Å². The highest BCUT2D eigenvalue weighted by atomic mass is 35.5. The maximum absolute atomic E-state index is 9.32. The third kappa shape index (κ3) is 4.23. The summed E-state index contributed by atoms with van der Waals surface area (Å²) in [6, 6.07) is 0.102. The van der Waals surface area contributed by atoms with Crippen LogP contribution in [0.4, 0.5) is 5.82 Å². The molecule has 0 fully saturated rings. The normalized spacial score (nSPS) is 14.5. The van der Waals surface area contributed by atoms with Gasteiger partial charge < -0.3 is 10.4 Å². The zero-order valence-electron chi connectivity index (χ0n) is 12.1. The molecule has 0 aliphatic heterocycles. The third-order valence-corrected chi connectivity index (χ3v) is 4.56. The molecule has 0 saturated carbocycles. The number of thioether (sulfide) groups is 1. The quantitative estimate of drug-likeness (QED) is 0.791. The van der Waals surface area contributed by atoms with E-state index >= 15 is 0 Å². The second-order valence-electron chi connectivity index (χ2n) is 4.89. The Hall–Kier alpha value is -0.520. The van der Waals surface area contributed by atoms with Gasteiger partial charge >= 0.3 is 0 Å². The predicted octanol–water partition coefficient (Wildman–Crippen LogP) is 3.09. The van der Waals surface area contributed by atoms with Crippen LogP contribution in [0.5, 0.6) is 0 Å². The monoisotopic (exact) mass is 303 g/mol. The first-order valence-electron chi connectivity index (χ1n) is 6.34. The van der Waals surface area contributed by atoms with Crippen molar-refractivity contribution in [1.29, 1.82) is 0 Å². The fraction of sp³-hybridized carbons (Fsp3) is 0.692. The van der Waals surface area contributed by atoms with Crippen molar-refractivity contribution in [3.63, 3.8) is 0 Å². The van der Waals surface area contributed by atoms with Gasteiger partial charge in [-0.05, 0) is 20.1 Å². The van der Waals surface area contributed by atoms with Gasteiger partial charge in [-0.1, -0.05) is 25.4 Å². The molecule has 1 heterocycles. The van der Waals surface area contributed by atoms with Gasteiger partial charge in [-0.25, -0.2) is 9.97 Å². The van der Waals surface area contributed by atoms with E-state index in [-0.39, 0.29) is 23.8 Å². The number of rotatable bonds is 6. The number of aliphatic hydroxyl groups excluding tert-OH is 1. The third-order valence-electron chi connectivity index (χ3n) is 3.02. The summed E-state index contributed by atoms with van der Waals surface area (Å²) >= 11 is 7.78. The highest BCUT2D eigenvalue weighted by molar-refractivity contribution is 7.99. The molecular weight excluding hydrogens is 282 g/mol. The summed E-state index contributed by atoms with van der Waals surface area (Å²) in [5, 5.41) is 13.3. The molecule has 0 aliphatic carbocycles. The SMILES string of the molecule is CSC(CO)C(C)Nc1nc(C(C)C)nc(Cl)c1C. The highest BCUT2D eigenvalue weighted by Crippen LogP contribution is 2.24. The van der Waals surface area contributed by atoms with E-state index in [1.54, 1.807) is 11.8 Å². The van der Waals surface area contributed by atoms with Gasteiger partial charge in [0.05, 0.1) is 6.61 Å². The Balaban J connectivity index is 2.99. The molecule has 19 heavy (non-hydrogen) atoms. The molecule has 0 amide bonds. The molecule has 0 saturated heterocycles. The smallest absolute Gasteiger partial charge is 0.137 e. The largest absolute Gasteiger partial charge is 0.395 e. The molecule has 4 nitrogen and oxygen atoms in total. The fourth-order valence-electron chi connectivity index (χ4n) is 1.65. The maximum atomic E-state index is 9.32. The van der Waals surface area contributed by atoms with E-state index in [9.17, 15) is 5.11 Å². The van der Waals surface area contributed by atoms with E-state index in [1.165, 1.54) is 0 Å². The molecule has 0 aromatic carbocycles. The molecule has 1 aromatic heterocycles. The lowest BCUT2D eigenvalue weighted by Crippen LogP contribution is -2.31. The number of aromatic nitrogens is 2. The number of hydrogen-bond donors (Lipinski definition) is 2. The summed E-state index contributed by atoms with van der Waals surface area (Å²) in [6.45, 7) is 8.12. The zero-order valence-corrected chi connectivity index (χ0v) is 13.6. The number of anilines is 1. The molecule has 0 spiro atoms. The highest BCUT2D eigenvalue weighted by Gasteiger charge is 2.18. The van der Waals surface area contributed by atoms with Crippen molar-refractivity contribution in [3.8, 4) is 0 Å². The van der Waals surface area contributed by atoms with Crippen LogP contribution in [0.2, 0.25) is 5.15 Å². The van der Waals surface area contributed by atoms with Gasteiger partial charge in [0.15, 0.2) is 0 Å². The molecule has 0 bridgehead atoms. The second kappa shape index (κ2) is 7.31. The van der Waals surface area contributed by atoms with Crippen LogP contribution < -0.4 is 5.32 Å². The van der Waals surface area contributed by atoms with Crippen molar-refractivity contribution in [3.05, 3.63) is 16.5 Å². The van der Waals surface area contributed by atoms with Crippen molar-refractivity contribution in [2.45, 2.75) is 44.9 Å². The summed E-state index contributed by atoms with van der Waals surface area (Å²) in [6.07, 6.45) is 1.98. The average Bonchev–Trinajstić information content (AvgIpc) is 2.35. The fourth-order valence-corrected chi connectivity index (χ4v) is 2.45. The van der Waals surface area contributed by atoms with Gasteiger partial charge in [-0.2, -0.15) is 11.8 Å². The van der Waals surface area contributed by atoms with Crippen LogP contribution in [0.15, 0.2) is 0 Å². The molecule has 1 rings (SSSR count). The first-order valence-corrected chi connectivity index (χ1v) is 8.01. The number of nitrogens with one attached hydrogen (secondary N) is 1. The van der Waals surface area contributed by atoms with Crippen LogP contribution in [0.1, 0.15) is 38.1 Å². The molecule has 1 aromatic rings. The van der Waals surface area contributed by atoms with E-state index in [0.29, 0.717) is 5.15 Å². The van der Waals surface area contributed by atoms with Gasteiger partial charge in [0.2, 0.25) is 0 Å². The van der Waals surface area contributed by atoms with Crippen LogP contribution in [0.3, 0.4) is 0 Å². The molecule has 0 radical (unpaired) electrons. The summed E-state index contributed by atoms with van der Waals surface area (Å²) < 4.78 is 0. The van der Waals surface area contributed by atoms with E-state index in [2.05, 4.69) is 15.3 Å². The Morgan fingerprint density at radius 3 is 2.42 bits per heavy atom. The number of aliphatic hydroxyl groups is 1. The van der Waals surface area contributed by atoms with E-state index in [0.717, 1.165) is 17.2 Å². The lowest BCUT2D eigenvalue weighted by atomic mass is 10.2. The minimum absolute atomic E-state index is 0.102. The van der Waals surface area contributed by atoms with Gasteiger partial charge in [-0.3, -0.25) is 0 Å². The molecule has 2 N–H and O–H groups in total. The van der Waals surface area contributed by atoms with Crippen LogP contribution >= 0.6 is 23.4 Å². The van der Waals surface area contributed by atoms with Gasteiger partial charge in [-0.15, -0.1) is 0 Å². The molecular formula is C13H22ClN3OS. The maximum Gasteiger partial charge on any atom is 0.137 e. The summed E-state index contributed by atoms with van der Waals surface area (Å²) in [5.41, 5.74) is 0.843. The molecule has 6 heteroatoms. The summed E-state index contributed by atoms with van der Waals surface area (Å²) in [4.78, 5) is 8.81. The van der Waals surface area contributed by atoms with Crippen LogP contribution in [-0.2, 0) is 0 Å². The Morgan fingerprint density at radius 1 is 1.32 bits per heavy atom. The van der Waals surface area contributed by atoms with Crippen molar-refractivity contribution >= 4 is 29.2 Å². The second-order valence-corrected chi connectivity index (χ2v) is 6.33. The van der Waals surface area contributed by atoms with E-state index < -0.39 is 0 Å². The first kappa shape index (κ1) is 16.5. The Labute approximate surface area is 124 Å². The Morgan fingerprint density at radius 2 is 1.95 bits per heavy atom. The van der Waals surface area contributed by atoms with Crippen molar-refractivity contribution in [2.75, 3.05) is 18.2 Å². The molecule has 2 atom stereocenters. The summed E-state index contributed by atoms with van der Waals surface area (Å²) in [7, 11) is 0. The number of hydrogen-bond acceptors (Lipinski definition) is 5. The van der Waals surface area contributed by atoms with E-state index in [4.69, 9.17) is 11.6 Å². The van der Waals surface area contributed by atoms with Crippen LogP contribution in [0, 0.1) is 6.92 Å². The average molecular weight is 304 g/mol. The van der Waals surface area contributed by atoms with Crippen molar-refractivity contribution in [2.24, 2.45) is 0 Å². The lowest BCUT2D eigenvalue weighted by molar-refractivity contribution is 0.288. The van der Waals surface area contributed by atoms with Gasteiger partial charge in [0.1, 0.15) is 16.8 Å². The molecule has 108 valence electrons. The minimum Gasteiger partial charge on any atom is -0.395 e. The van der Waals surface area contributed by atoms with Crippen LogP contribution in [-0.4, -0.2) is 39.2 Å². The number of nitrogens with zero attached hydrogens (tertiary/aromatic N) is 2. The van der Waals surface area contributed by atoms with Crippen molar-refractivity contribution < 1.29 is 5.11 Å². The lowest BCUT2D eigenvalue weighted by Gasteiger charge is -2.23. The molecule has 2 unspecified atom stereocenters. The minimum atomic E-state index is 0.102. The topological polar surface area (TPSA) is 58.0 Å². The van der Waals surface area contributed by atoms with E-state index in [1.807, 2.05) is 34.0 Å². The number of halogens is 1. The van der Waals surface area contributed by atoms with Crippen LogP contribution in [0.25, 0.3) is 0 Å².